The van der Waals surface area contributed by atoms with Crippen LogP contribution >= 0.6 is 0 Å². The minimum atomic E-state index is -0.930. The molecule has 1 atom stereocenters. The molecule has 0 aromatic carbocycles. The van der Waals surface area contributed by atoms with E-state index in [2.05, 4.69) is 5.32 Å². The first kappa shape index (κ1) is 16.0. The largest absolute Gasteiger partial charge is 0.389 e. The highest BCUT2D eigenvalue weighted by atomic mass is 16.3. The fourth-order valence-corrected chi connectivity index (χ4v) is 2.79. The van der Waals surface area contributed by atoms with Crippen molar-refractivity contribution in [1.82, 2.24) is 10.2 Å². The Bertz CT molecular complexity index is 330. The Labute approximate surface area is 115 Å². The lowest BCUT2D eigenvalue weighted by Crippen LogP contribution is -2.52. The molecule has 2 amide bonds. The maximum atomic E-state index is 12.4. The van der Waals surface area contributed by atoms with Gasteiger partial charge < -0.3 is 15.3 Å². The topological polar surface area (TPSA) is 69.6 Å². The number of rotatable bonds is 5. The van der Waals surface area contributed by atoms with Crippen molar-refractivity contribution >= 4 is 11.8 Å². The van der Waals surface area contributed by atoms with Gasteiger partial charge in [-0.25, -0.2) is 0 Å². The van der Waals surface area contributed by atoms with Crippen LogP contribution in [0.3, 0.4) is 0 Å². The second-order valence-corrected chi connectivity index (χ2v) is 6.23. The highest BCUT2D eigenvalue weighted by Crippen LogP contribution is 2.28. The molecular formula is C14H26N2O3. The van der Waals surface area contributed by atoms with Gasteiger partial charge in [-0.15, -0.1) is 0 Å². The third-order valence-electron chi connectivity index (χ3n) is 3.50. The van der Waals surface area contributed by atoms with Crippen molar-refractivity contribution in [1.29, 1.82) is 0 Å². The molecule has 1 aliphatic rings. The molecule has 19 heavy (non-hydrogen) atoms. The number of nitrogens with zero attached hydrogens (tertiary/aromatic N) is 1. The van der Waals surface area contributed by atoms with Gasteiger partial charge in [0.2, 0.25) is 11.8 Å². The predicted octanol–water partition coefficient (Wildman–Crippen LogP) is 0.911. The molecule has 0 aromatic rings. The van der Waals surface area contributed by atoms with Gasteiger partial charge in [0.1, 0.15) is 6.04 Å². The van der Waals surface area contributed by atoms with Crippen LogP contribution in [0.4, 0.5) is 0 Å². The predicted molar refractivity (Wildman–Crippen MR) is 73.5 cm³/mol. The molecule has 110 valence electrons. The number of likely N-dealkylation sites (N-methyl/N-ethyl adjacent to an activating group) is 1. The first-order valence-electron chi connectivity index (χ1n) is 6.95. The molecule has 0 spiro atoms. The van der Waals surface area contributed by atoms with E-state index in [-0.39, 0.29) is 24.3 Å². The zero-order chi connectivity index (χ0) is 14.6. The Morgan fingerprint density at radius 3 is 2.32 bits per heavy atom. The summed E-state index contributed by atoms with van der Waals surface area (Å²) in [6, 6.07) is -0.452. The Hall–Kier alpha value is -1.10. The van der Waals surface area contributed by atoms with Crippen LogP contribution in [0.25, 0.3) is 0 Å². The van der Waals surface area contributed by atoms with Crippen LogP contribution in [0, 0.1) is 5.92 Å². The van der Waals surface area contributed by atoms with E-state index < -0.39 is 11.6 Å². The molecular weight excluding hydrogens is 244 g/mol. The van der Waals surface area contributed by atoms with Crippen LogP contribution < -0.4 is 5.32 Å². The normalized spacial score (nSPS) is 18.2. The van der Waals surface area contributed by atoms with Crippen LogP contribution in [-0.2, 0) is 9.59 Å². The number of amides is 2. The van der Waals surface area contributed by atoms with Gasteiger partial charge in [0, 0.05) is 20.5 Å². The summed E-state index contributed by atoms with van der Waals surface area (Å²) in [7, 11) is 1.67. The van der Waals surface area contributed by atoms with E-state index in [1.807, 2.05) is 0 Å². The van der Waals surface area contributed by atoms with Crippen molar-refractivity contribution in [3.05, 3.63) is 0 Å². The molecule has 1 aliphatic carbocycles. The molecule has 0 heterocycles. The van der Waals surface area contributed by atoms with E-state index in [9.17, 15) is 14.7 Å². The number of hydrogen-bond donors (Lipinski definition) is 2. The highest BCUT2D eigenvalue weighted by molar-refractivity contribution is 5.87. The molecule has 0 bridgehead atoms. The van der Waals surface area contributed by atoms with E-state index >= 15 is 0 Å². The molecule has 0 saturated heterocycles. The van der Waals surface area contributed by atoms with Crippen molar-refractivity contribution in [2.75, 3.05) is 13.6 Å². The molecule has 0 radical (unpaired) electrons. The molecule has 1 fully saturated rings. The number of nitrogens with one attached hydrogen (secondary N) is 1. The molecule has 5 nitrogen and oxygen atoms in total. The van der Waals surface area contributed by atoms with Gasteiger partial charge in [-0.2, -0.15) is 0 Å². The maximum Gasteiger partial charge on any atom is 0.245 e. The maximum absolute atomic E-state index is 12.4. The second kappa shape index (κ2) is 6.37. The van der Waals surface area contributed by atoms with E-state index in [0.717, 1.165) is 25.7 Å². The first-order valence-corrected chi connectivity index (χ1v) is 6.95. The Kier molecular flexibility index (Phi) is 5.35. The summed E-state index contributed by atoms with van der Waals surface area (Å²) in [5.41, 5.74) is -0.930. The summed E-state index contributed by atoms with van der Waals surface area (Å²) in [6.45, 7) is 5.03. The Morgan fingerprint density at radius 1 is 1.37 bits per heavy atom. The number of hydrogen-bond acceptors (Lipinski definition) is 3. The van der Waals surface area contributed by atoms with E-state index in [1.54, 1.807) is 20.9 Å². The third-order valence-corrected chi connectivity index (χ3v) is 3.50. The Morgan fingerprint density at radius 2 is 1.89 bits per heavy atom. The average Bonchev–Trinajstić information content (AvgIpc) is 2.75. The third kappa shape index (κ3) is 5.19. The molecule has 1 saturated carbocycles. The van der Waals surface area contributed by atoms with Gasteiger partial charge in [-0.1, -0.05) is 12.8 Å². The van der Waals surface area contributed by atoms with Crippen LogP contribution in [0.2, 0.25) is 0 Å². The molecule has 1 unspecified atom stereocenters. The lowest BCUT2D eigenvalue weighted by molar-refractivity contribution is -0.138. The summed E-state index contributed by atoms with van der Waals surface area (Å²) in [4.78, 5) is 25.2. The standard InChI is InChI=1S/C14H26N2O3/c1-10(17)15-12(11-7-5-6-8-11)13(18)16(4)9-14(2,3)19/h11-12,19H,5-9H2,1-4H3,(H,15,17). The molecule has 0 aromatic heterocycles. The molecule has 5 heteroatoms. The summed E-state index contributed by atoms with van der Waals surface area (Å²) in [5, 5.41) is 12.6. The van der Waals surface area contributed by atoms with Gasteiger partial charge in [0.05, 0.1) is 5.60 Å². The Balaban J connectivity index is 2.72. The number of carbonyl (C=O) groups excluding carboxylic acids is 2. The molecule has 2 N–H and O–H groups in total. The smallest absolute Gasteiger partial charge is 0.245 e. The average molecular weight is 270 g/mol. The van der Waals surface area contributed by atoms with Crippen LogP contribution in [-0.4, -0.2) is 47.1 Å². The van der Waals surface area contributed by atoms with Gasteiger partial charge in [0.15, 0.2) is 0 Å². The van der Waals surface area contributed by atoms with E-state index in [0.29, 0.717) is 0 Å². The van der Waals surface area contributed by atoms with Crippen molar-refractivity contribution in [3.63, 3.8) is 0 Å². The minimum absolute atomic E-state index is 0.107. The lowest BCUT2D eigenvalue weighted by atomic mass is 9.96. The second-order valence-electron chi connectivity index (χ2n) is 6.23. The first-order chi connectivity index (χ1) is 8.70. The monoisotopic (exact) mass is 270 g/mol. The van der Waals surface area contributed by atoms with Gasteiger partial charge in [-0.05, 0) is 32.6 Å². The molecule has 1 rings (SSSR count). The van der Waals surface area contributed by atoms with Crippen molar-refractivity contribution in [2.24, 2.45) is 5.92 Å². The van der Waals surface area contributed by atoms with Crippen molar-refractivity contribution in [3.8, 4) is 0 Å². The summed E-state index contributed by atoms with van der Waals surface area (Å²) in [6.07, 6.45) is 4.19. The minimum Gasteiger partial charge on any atom is -0.389 e. The zero-order valence-corrected chi connectivity index (χ0v) is 12.4. The quantitative estimate of drug-likeness (QED) is 0.780. The van der Waals surface area contributed by atoms with Crippen LogP contribution in [0.1, 0.15) is 46.5 Å². The summed E-state index contributed by atoms with van der Waals surface area (Å²) in [5.74, 6) is -0.0632. The SMILES string of the molecule is CC(=O)NC(C(=O)N(C)CC(C)(C)O)C1CCCC1. The molecule has 0 aliphatic heterocycles. The highest BCUT2D eigenvalue weighted by Gasteiger charge is 2.34. The number of aliphatic hydroxyl groups is 1. The van der Waals surface area contributed by atoms with Crippen LogP contribution in [0.15, 0.2) is 0 Å². The fraction of sp³-hybridized carbons (Fsp3) is 0.857. The summed E-state index contributed by atoms with van der Waals surface area (Å²) < 4.78 is 0. The zero-order valence-electron chi connectivity index (χ0n) is 12.4. The van der Waals surface area contributed by atoms with E-state index in [1.165, 1.54) is 11.8 Å². The lowest BCUT2D eigenvalue weighted by Gasteiger charge is -2.31. The van der Waals surface area contributed by atoms with Gasteiger partial charge in [0.25, 0.3) is 0 Å². The van der Waals surface area contributed by atoms with E-state index in [4.69, 9.17) is 0 Å². The summed E-state index contributed by atoms with van der Waals surface area (Å²) >= 11 is 0. The number of carbonyl (C=O) groups is 2. The fourth-order valence-electron chi connectivity index (χ4n) is 2.79. The van der Waals surface area contributed by atoms with Crippen LogP contribution in [0.5, 0.6) is 0 Å². The van der Waals surface area contributed by atoms with Crippen molar-refractivity contribution < 1.29 is 14.7 Å². The van der Waals surface area contributed by atoms with Crippen molar-refractivity contribution in [2.45, 2.75) is 58.1 Å². The van der Waals surface area contributed by atoms with Gasteiger partial charge in [-0.3, -0.25) is 9.59 Å². The van der Waals surface area contributed by atoms with Gasteiger partial charge >= 0.3 is 0 Å².